The molecule has 0 spiro atoms. The maximum absolute atomic E-state index is 0. The molecule has 0 saturated carbocycles. The SMILES string of the molecule is [AlH3].[AlH3].[H-].[H-].[Mg+2].[Mn].[SiH4]. The molecule has 0 fully saturated rings. The third-order valence-corrected chi connectivity index (χ3v) is 0. The molecule has 0 aromatic heterocycles. The van der Waals surface area contributed by atoms with Gasteiger partial charge in [-0.2, -0.15) is 0 Å². The molecular weight excluding hydrogens is 161 g/mol. The molecule has 0 heterocycles. The summed E-state index contributed by atoms with van der Waals surface area (Å²) in [6.45, 7) is 0. The van der Waals surface area contributed by atoms with E-state index in [2.05, 4.69) is 0 Å². The molecule has 0 aliphatic carbocycles. The summed E-state index contributed by atoms with van der Waals surface area (Å²) in [4.78, 5) is 0. The van der Waals surface area contributed by atoms with Crippen molar-refractivity contribution in [2.75, 3.05) is 0 Å². The minimum absolute atomic E-state index is 0. The van der Waals surface area contributed by atoms with E-state index in [1.165, 1.54) is 0 Å². The second kappa shape index (κ2) is 30.9. The zero-order valence-electron chi connectivity index (χ0n) is 3.09. The zero-order chi connectivity index (χ0) is 0. The van der Waals surface area contributed by atoms with Crippen molar-refractivity contribution in [3.63, 3.8) is 0 Å². The Morgan fingerprint density at radius 2 is 1.00 bits per heavy atom. The van der Waals surface area contributed by atoms with Gasteiger partial charge in [-0.25, -0.2) is 0 Å². The molecule has 0 aromatic rings. The molecule has 0 unspecified atom stereocenters. The first kappa shape index (κ1) is 49.5. The molecule has 0 nitrogen and oxygen atoms in total. The van der Waals surface area contributed by atoms with Crippen LogP contribution in [0.1, 0.15) is 2.85 Å². The number of rotatable bonds is 0. The van der Waals surface area contributed by atoms with Gasteiger partial charge in [0.2, 0.25) is 0 Å². The van der Waals surface area contributed by atoms with Crippen molar-refractivity contribution in [3.8, 4) is 0 Å². The van der Waals surface area contributed by atoms with Gasteiger partial charge >= 0.3 is 23.1 Å². The third-order valence-electron chi connectivity index (χ3n) is 0. The van der Waals surface area contributed by atoms with Crippen LogP contribution in [-0.4, -0.2) is 68.7 Å². The van der Waals surface area contributed by atoms with Gasteiger partial charge in [0, 0.05) is 17.1 Å². The third kappa shape index (κ3) is 20.8. The van der Waals surface area contributed by atoms with Crippen LogP contribution in [-0.2, 0) is 17.1 Å². The zero-order valence-corrected chi connectivity index (χ0v) is 3.68. The summed E-state index contributed by atoms with van der Waals surface area (Å²) in [6.07, 6.45) is 0. The average Bonchev–Trinajstić information content (AvgIpc) is 0. The van der Waals surface area contributed by atoms with Crippen molar-refractivity contribution in [1.29, 1.82) is 0 Å². The van der Waals surface area contributed by atoms with Crippen LogP contribution < -0.4 is 0 Å². The van der Waals surface area contributed by atoms with Gasteiger partial charge in [0.25, 0.3) is 0 Å². The maximum atomic E-state index is 0. The van der Waals surface area contributed by atoms with Crippen molar-refractivity contribution in [1.82, 2.24) is 0 Å². The molecule has 5 heteroatoms. The van der Waals surface area contributed by atoms with Gasteiger partial charge in [0.1, 0.15) is 0 Å². The Morgan fingerprint density at radius 1 is 1.00 bits per heavy atom. The molecule has 0 amide bonds. The summed E-state index contributed by atoms with van der Waals surface area (Å²) in [5, 5.41) is 0. The summed E-state index contributed by atoms with van der Waals surface area (Å²) in [5.41, 5.74) is 0. The van der Waals surface area contributed by atoms with E-state index in [1.54, 1.807) is 0 Å². The first-order valence-electron chi connectivity index (χ1n) is 0. The van der Waals surface area contributed by atoms with Gasteiger partial charge in [0.15, 0.2) is 34.7 Å². The van der Waals surface area contributed by atoms with E-state index < -0.39 is 0 Å². The molecule has 5 heavy (non-hydrogen) atoms. The Kier molecular flexibility index (Phi) is 306. The van der Waals surface area contributed by atoms with Gasteiger partial charge in [0.05, 0.1) is 0 Å². The van der Waals surface area contributed by atoms with Gasteiger partial charge in [-0.1, -0.05) is 0 Å². The van der Waals surface area contributed by atoms with E-state index in [9.17, 15) is 0 Å². The van der Waals surface area contributed by atoms with E-state index in [4.69, 9.17) is 0 Å². The van der Waals surface area contributed by atoms with Gasteiger partial charge in [-0.05, 0) is 11.0 Å². The Morgan fingerprint density at radius 3 is 1.00 bits per heavy atom. The molecule has 0 rings (SSSR count). The summed E-state index contributed by atoms with van der Waals surface area (Å²) in [6, 6.07) is 0. The van der Waals surface area contributed by atoms with Crippen molar-refractivity contribution in [2.45, 2.75) is 0 Å². The van der Waals surface area contributed by atoms with Crippen LogP contribution in [0, 0.1) is 0 Å². The molecule has 31 valence electrons. The number of hydrogen-bond acceptors (Lipinski definition) is 0. The van der Waals surface area contributed by atoms with Crippen LogP contribution in [0.2, 0.25) is 0 Å². The Hall–Kier alpha value is 2.57. The Balaban J connectivity index is 0. The normalized spacial score (nSPS) is 0. The largest absolute Gasteiger partial charge is 2.00 e. The smallest absolute Gasteiger partial charge is 1.00 e. The molecule has 0 aromatic carbocycles. The minimum atomic E-state index is 0. The Labute approximate surface area is 87.7 Å². The van der Waals surface area contributed by atoms with Crippen LogP contribution in [0.4, 0.5) is 0 Å². The van der Waals surface area contributed by atoms with Crippen LogP contribution in [0.5, 0.6) is 0 Å². The molecular formula is H12Al2MgMnSi. The van der Waals surface area contributed by atoms with Crippen LogP contribution in [0.3, 0.4) is 0 Å². The van der Waals surface area contributed by atoms with Crippen molar-refractivity contribution in [3.05, 3.63) is 0 Å². The number of hydrogen-bond donors (Lipinski definition) is 0. The van der Waals surface area contributed by atoms with Crippen molar-refractivity contribution >= 4 is 68.7 Å². The van der Waals surface area contributed by atoms with Crippen LogP contribution in [0.15, 0.2) is 0 Å². The predicted octanol–water partition coefficient (Wildman–Crippen LogP) is -3.98. The standard InChI is InChI=1S/2Al.Mg.Mn.H4Si.8H/h;;;;1H4;;;;;;;;/q;;+2;;;;;;;;;2*-1. The maximum Gasteiger partial charge on any atom is 2.00 e. The summed E-state index contributed by atoms with van der Waals surface area (Å²) < 4.78 is 0. The van der Waals surface area contributed by atoms with E-state index in [0.717, 1.165) is 0 Å². The summed E-state index contributed by atoms with van der Waals surface area (Å²) >= 11 is 0. The molecule has 0 aliphatic rings. The molecule has 1 radical (unpaired) electrons. The van der Waals surface area contributed by atoms with Crippen LogP contribution >= 0.6 is 0 Å². The first-order valence-corrected chi connectivity index (χ1v) is 0. The predicted molar refractivity (Wildman–Crippen MR) is 39.2 cm³/mol. The fraction of sp³-hybridized carbons (Fsp3) is 0. The molecule has 0 N–H and O–H groups in total. The fourth-order valence-electron chi connectivity index (χ4n) is 0. The Bertz CT molecular complexity index is 15.7. The average molecular weight is 173 g/mol. The van der Waals surface area contributed by atoms with Crippen molar-refractivity contribution in [2.24, 2.45) is 0 Å². The monoisotopic (exact) mass is 173 g/mol. The van der Waals surface area contributed by atoms with E-state index >= 15 is 0 Å². The van der Waals surface area contributed by atoms with Gasteiger partial charge in [-0.3, -0.25) is 0 Å². The van der Waals surface area contributed by atoms with E-state index in [0.29, 0.717) is 0 Å². The molecule has 0 saturated heterocycles. The molecule has 0 atom stereocenters. The summed E-state index contributed by atoms with van der Waals surface area (Å²) in [5.74, 6) is 0. The minimum Gasteiger partial charge on any atom is -1.00 e. The summed E-state index contributed by atoms with van der Waals surface area (Å²) in [7, 11) is 0. The van der Waals surface area contributed by atoms with Crippen LogP contribution in [0.25, 0.3) is 0 Å². The van der Waals surface area contributed by atoms with E-state index in [-0.39, 0.29) is 88.7 Å². The second-order valence-electron chi connectivity index (χ2n) is 0. The second-order valence-corrected chi connectivity index (χ2v) is 0. The van der Waals surface area contributed by atoms with E-state index in [1.807, 2.05) is 0 Å². The van der Waals surface area contributed by atoms with Gasteiger partial charge in [-0.15, -0.1) is 0 Å². The topological polar surface area (TPSA) is 0 Å². The van der Waals surface area contributed by atoms with Crippen molar-refractivity contribution < 1.29 is 19.9 Å². The molecule has 0 bridgehead atoms. The van der Waals surface area contributed by atoms with Gasteiger partial charge < -0.3 is 2.85 Å². The molecule has 0 aliphatic heterocycles. The fourth-order valence-corrected chi connectivity index (χ4v) is 0. The quantitative estimate of drug-likeness (QED) is 0.328. The first-order chi connectivity index (χ1) is 0.